The largest absolute Gasteiger partial charge is 0.480 e. The van der Waals surface area contributed by atoms with Crippen molar-refractivity contribution in [1.29, 1.82) is 0 Å². The molecule has 2 amide bonds. The van der Waals surface area contributed by atoms with Crippen LogP contribution < -0.4 is 0 Å². The lowest BCUT2D eigenvalue weighted by Gasteiger charge is -2.31. The predicted octanol–water partition coefficient (Wildman–Crippen LogP) is 1.25. The second-order valence-electron chi connectivity index (χ2n) is 5.42. The van der Waals surface area contributed by atoms with Crippen LogP contribution >= 0.6 is 11.3 Å². The number of thiophene rings is 1. The normalized spacial score (nSPS) is 23.1. The molecule has 1 aromatic heterocycles. The van der Waals surface area contributed by atoms with Crippen molar-refractivity contribution in [2.75, 3.05) is 13.6 Å². The topological polar surface area (TPSA) is 81.1 Å². The summed E-state index contributed by atoms with van der Waals surface area (Å²) in [7, 11) is 1.67. The number of likely N-dealkylation sites (tertiary alicyclic amines) is 1. The fourth-order valence-corrected chi connectivity index (χ4v) is 3.33. The Morgan fingerprint density at radius 1 is 1.57 bits per heavy atom. The van der Waals surface area contributed by atoms with Crippen molar-refractivity contribution in [3.8, 4) is 0 Å². The maximum absolute atomic E-state index is 12.5. The SMILES string of the molecule is CC(Cc1cccs1)N(C)C(=O)N1CC(O)CC1C(=O)O. The maximum Gasteiger partial charge on any atom is 0.326 e. The van der Waals surface area contributed by atoms with E-state index in [1.165, 1.54) is 9.78 Å². The van der Waals surface area contributed by atoms with Gasteiger partial charge in [0, 0.05) is 37.4 Å². The van der Waals surface area contributed by atoms with E-state index in [1.54, 1.807) is 23.3 Å². The number of β-amino-alcohol motifs (C(OH)–C–C–N with tert-alkyl or cyclic N) is 1. The number of carbonyl (C=O) groups is 2. The standard InChI is InChI=1S/C14H20N2O4S/c1-9(6-11-4-3-5-21-11)15(2)14(20)16-8-10(17)7-12(16)13(18)19/h3-5,9-10,12,17H,6-8H2,1-2H3,(H,18,19). The highest BCUT2D eigenvalue weighted by atomic mass is 32.1. The molecule has 0 aromatic carbocycles. The summed E-state index contributed by atoms with van der Waals surface area (Å²) in [6.45, 7) is 2.01. The number of nitrogens with zero attached hydrogens (tertiary/aromatic N) is 2. The van der Waals surface area contributed by atoms with Crippen LogP contribution in [-0.2, 0) is 11.2 Å². The van der Waals surface area contributed by atoms with E-state index in [0.29, 0.717) is 0 Å². The van der Waals surface area contributed by atoms with E-state index in [1.807, 2.05) is 24.4 Å². The Morgan fingerprint density at radius 2 is 2.29 bits per heavy atom. The Balaban J connectivity index is 2.02. The zero-order chi connectivity index (χ0) is 15.6. The highest BCUT2D eigenvalue weighted by Crippen LogP contribution is 2.21. The van der Waals surface area contributed by atoms with Crippen LogP contribution in [0.3, 0.4) is 0 Å². The molecular weight excluding hydrogens is 292 g/mol. The third-order valence-electron chi connectivity index (χ3n) is 3.85. The number of amides is 2. The first kappa shape index (κ1) is 15.8. The van der Waals surface area contributed by atoms with Crippen molar-refractivity contribution in [3.63, 3.8) is 0 Å². The number of hydrogen-bond donors (Lipinski definition) is 2. The Kier molecular flexibility index (Phi) is 4.84. The summed E-state index contributed by atoms with van der Waals surface area (Å²) in [6.07, 6.45) is 0.0541. The molecule has 116 valence electrons. The number of aliphatic hydroxyl groups is 1. The maximum atomic E-state index is 12.5. The van der Waals surface area contributed by atoms with Crippen LogP contribution in [0, 0.1) is 0 Å². The summed E-state index contributed by atoms with van der Waals surface area (Å²) >= 11 is 1.63. The molecule has 2 rings (SSSR count). The Labute approximate surface area is 127 Å². The lowest BCUT2D eigenvalue weighted by Crippen LogP contribution is -2.49. The molecular formula is C14H20N2O4S. The van der Waals surface area contributed by atoms with Crippen molar-refractivity contribution in [2.24, 2.45) is 0 Å². The van der Waals surface area contributed by atoms with E-state index in [2.05, 4.69) is 0 Å². The first-order valence-electron chi connectivity index (χ1n) is 6.86. The number of rotatable bonds is 4. The molecule has 1 fully saturated rings. The minimum absolute atomic E-state index is 0.0386. The number of aliphatic hydroxyl groups excluding tert-OH is 1. The quantitative estimate of drug-likeness (QED) is 0.877. The fraction of sp³-hybridized carbons (Fsp3) is 0.571. The monoisotopic (exact) mass is 312 g/mol. The van der Waals surface area contributed by atoms with Gasteiger partial charge < -0.3 is 20.0 Å². The van der Waals surface area contributed by atoms with Crippen LogP contribution in [0.1, 0.15) is 18.2 Å². The number of aliphatic carboxylic acids is 1. The van der Waals surface area contributed by atoms with Gasteiger partial charge in [0.1, 0.15) is 6.04 Å². The van der Waals surface area contributed by atoms with Gasteiger partial charge in [0.25, 0.3) is 0 Å². The molecule has 6 nitrogen and oxygen atoms in total. The number of hydrogen-bond acceptors (Lipinski definition) is 4. The third kappa shape index (κ3) is 3.54. The smallest absolute Gasteiger partial charge is 0.326 e. The summed E-state index contributed by atoms with van der Waals surface area (Å²) < 4.78 is 0. The molecule has 21 heavy (non-hydrogen) atoms. The lowest BCUT2D eigenvalue weighted by atomic mass is 10.2. The number of carbonyl (C=O) groups excluding carboxylic acids is 1. The Bertz CT molecular complexity index is 505. The average molecular weight is 312 g/mol. The summed E-state index contributed by atoms with van der Waals surface area (Å²) in [4.78, 5) is 27.6. The van der Waals surface area contributed by atoms with E-state index in [0.717, 1.165) is 6.42 Å². The minimum atomic E-state index is -1.07. The molecule has 0 spiro atoms. The molecule has 7 heteroatoms. The molecule has 0 saturated carbocycles. The summed E-state index contributed by atoms with van der Waals surface area (Å²) in [5.41, 5.74) is 0. The van der Waals surface area contributed by atoms with Crippen molar-refractivity contribution < 1.29 is 19.8 Å². The average Bonchev–Trinajstić information content (AvgIpc) is 3.06. The molecule has 0 aliphatic carbocycles. The molecule has 2 heterocycles. The van der Waals surface area contributed by atoms with Gasteiger partial charge in [0.2, 0.25) is 0 Å². The number of carboxylic acids is 1. The van der Waals surface area contributed by atoms with Crippen LogP contribution in [0.5, 0.6) is 0 Å². The van der Waals surface area contributed by atoms with E-state index < -0.39 is 18.1 Å². The zero-order valence-electron chi connectivity index (χ0n) is 12.1. The third-order valence-corrected chi connectivity index (χ3v) is 4.75. The number of likely N-dealkylation sites (N-methyl/N-ethyl adjacent to an activating group) is 1. The van der Waals surface area contributed by atoms with Gasteiger partial charge in [0.15, 0.2) is 0 Å². The Morgan fingerprint density at radius 3 is 2.86 bits per heavy atom. The van der Waals surface area contributed by atoms with Crippen molar-refractivity contribution in [2.45, 2.75) is 38.0 Å². The number of carboxylic acid groups (broad SMARTS) is 1. The second-order valence-corrected chi connectivity index (χ2v) is 6.45. The molecule has 0 bridgehead atoms. The van der Waals surface area contributed by atoms with Gasteiger partial charge in [-0.05, 0) is 18.4 Å². The van der Waals surface area contributed by atoms with Crippen molar-refractivity contribution in [1.82, 2.24) is 9.80 Å². The van der Waals surface area contributed by atoms with Crippen LogP contribution in [0.4, 0.5) is 4.79 Å². The van der Waals surface area contributed by atoms with Gasteiger partial charge in [-0.15, -0.1) is 11.3 Å². The fourth-order valence-electron chi connectivity index (χ4n) is 2.51. The molecule has 1 aromatic rings. The predicted molar refractivity (Wildman–Crippen MR) is 79.4 cm³/mol. The van der Waals surface area contributed by atoms with Crippen LogP contribution in [0.15, 0.2) is 17.5 Å². The van der Waals surface area contributed by atoms with Crippen LogP contribution in [-0.4, -0.2) is 63.8 Å². The van der Waals surface area contributed by atoms with Gasteiger partial charge in [0.05, 0.1) is 6.10 Å². The van der Waals surface area contributed by atoms with Crippen molar-refractivity contribution >= 4 is 23.3 Å². The van der Waals surface area contributed by atoms with E-state index in [-0.39, 0.29) is 25.0 Å². The lowest BCUT2D eigenvalue weighted by molar-refractivity contribution is -0.141. The van der Waals surface area contributed by atoms with E-state index >= 15 is 0 Å². The molecule has 1 aliphatic rings. The molecule has 1 aliphatic heterocycles. The van der Waals surface area contributed by atoms with Gasteiger partial charge in [-0.1, -0.05) is 6.07 Å². The van der Waals surface area contributed by atoms with Crippen LogP contribution in [0.25, 0.3) is 0 Å². The first-order valence-corrected chi connectivity index (χ1v) is 7.74. The highest BCUT2D eigenvalue weighted by Gasteiger charge is 2.40. The van der Waals surface area contributed by atoms with E-state index in [4.69, 9.17) is 5.11 Å². The van der Waals surface area contributed by atoms with Gasteiger partial charge >= 0.3 is 12.0 Å². The summed E-state index contributed by atoms with van der Waals surface area (Å²) in [6, 6.07) is 2.65. The molecule has 3 atom stereocenters. The van der Waals surface area contributed by atoms with Gasteiger partial charge in [-0.2, -0.15) is 0 Å². The van der Waals surface area contributed by atoms with Gasteiger partial charge in [-0.25, -0.2) is 9.59 Å². The molecule has 3 unspecified atom stereocenters. The van der Waals surface area contributed by atoms with E-state index in [9.17, 15) is 14.7 Å². The zero-order valence-corrected chi connectivity index (χ0v) is 12.9. The molecule has 2 N–H and O–H groups in total. The highest BCUT2D eigenvalue weighted by molar-refractivity contribution is 7.09. The molecule has 1 saturated heterocycles. The first-order chi connectivity index (χ1) is 9.90. The van der Waals surface area contributed by atoms with Crippen LogP contribution in [0.2, 0.25) is 0 Å². The Hall–Kier alpha value is -1.60. The second kappa shape index (κ2) is 6.44. The number of urea groups is 1. The van der Waals surface area contributed by atoms with Crippen molar-refractivity contribution in [3.05, 3.63) is 22.4 Å². The summed E-state index contributed by atoms with van der Waals surface area (Å²) in [5, 5.41) is 20.8. The minimum Gasteiger partial charge on any atom is -0.480 e. The molecule has 0 radical (unpaired) electrons. The van der Waals surface area contributed by atoms with Gasteiger partial charge in [-0.3, -0.25) is 0 Å². The summed E-state index contributed by atoms with van der Waals surface area (Å²) in [5.74, 6) is -1.07.